The van der Waals surface area contributed by atoms with Crippen molar-refractivity contribution in [1.82, 2.24) is 14.5 Å². The molecule has 0 spiro atoms. The van der Waals surface area contributed by atoms with Crippen LogP contribution in [0.4, 0.5) is 4.39 Å². The van der Waals surface area contributed by atoms with Gasteiger partial charge in [-0.15, -0.1) is 0 Å². The molecule has 0 amide bonds. The van der Waals surface area contributed by atoms with E-state index in [-0.39, 0.29) is 22.3 Å². The van der Waals surface area contributed by atoms with Crippen molar-refractivity contribution in [3.8, 4) is 5.69 Å². The van der Waals surface area contributed by atoms with Gasteiger partial charge in [0.15, 0.2) is 17.5 Å². The molecule has 0 aliphatic carbocycles. The van der Waals surface area contributed by atoms with Crippen LogP contribution in [0, 0.1) is 26.6 Å². The Morgan fingerprint density at radius 3 is 2.63 bits per heavy atom. The maximum absolute atomic E-state index is 14.0. The van der Waals surface area contributed by atoms with Crippen molar-refractivity contribution in [1.29, 1.82) is 0 Å². The van der Waals surface area contributed by atoms with Crippen molar-refractivity contribution in [3.05, 3.63) is 69.5 Å². The molecule has 3 rings (SSSR count). The molecule has 9 heteroatoms. The highest BCUT2D eigenvalue weighted by molar-refractivity contribution is 7.98. The van der Waals surface area contributed by atoms with E-state index in [0.29, 0.717) is 27.7 Å². The van der Waals surface area contributed by atoms with Gasteiger partial charge < -0.3 is 9.30 Å². The molecule has 0 saturated heterocycles. The first-order valence-corrected chi connectivity index (χ1v) is 10.6. The van der Waals surface area contributed by atoms with E-state index in [1.54, 1.807) is 42.9 Å². The summed E-state index contributed by atoms with van der Waals surface area (Å²) in [5, 5.41) is 0.413. The number of ether oxygens (including phenoxy) is 1. The maximum Gasteiger partial charge on any atom is 0.359 e. The summed E-state index contributed by atoms with van der Waals surface area (Å²) >= 11 is 7.22. The third kappa shape index (κ3) is 4.39. The number of ketones is 1. The second-order valence-corrected chi connectivity index (χ2v) is 7.79. The van der Waals surface area contributed by atoms with Crippen molar-refractivity contribution >= 4 is 35.1 Å². The Kier molecular flexibility index (Phi) is 6.58. The van der Waals surface area contributed by atoms with Crippen LogP contribution in [-0.4, -0.2) is 39.2 Å². The number of Topliss-reactive ketones (excluding diaryl/α,β-unsaturated/α-hetero) is 1. The number of halogens is 2. The Morgan fingerprint density at radius 1 is 1.23 bits per heavy atom. The van der Waals surface area contributed by atoms with Crippen molar-refractivity contribution in [2.45, 2.75) is 25.9 Å². The Morgan fingerprint density at radius 2 is 1.97 bits per heavy atom. The van der Waals surface area contributed by atoms with Gasteiger partial charge in [0.2, 0.25) is 5.78 Å². The number of carbonyl (C=O) groups excluding carboxylic acids is 2. The van der Waals surface area contributed by atoms with Gasteiger partial charge in [0, 0.05) is 22.6 Å². The summed E-state index contributed by atoms with van der Waals surface area (Å²) in [6.45, 7) is 4.79. The molecule has 2 heterocycles. The fourth-order valence-corrected chi connectivity index (χ4v) is 3.54. The number of rotatable bonds is 6. The highest BCUT2D eigenvalue weighted by Gasteiger charge is 2.21. The predicted molar refractivity (Wildman–Crippen MR) is 113 cm³/mol. The first kappa shape index (κ1) is 22.0. The number of aromatic nitrogens is 3. The van der Waals surface area contributed by atoms with Gasteiger partial charge in [-0.05, 0) is 50.8 Å². The zero-order valence-corrected chi connectivity index (χ0v) is 18.4. The summed E-state index contributed by atoms with van der Waals surface area (Å²) in [5.74, 6) is -1.51. The number of hydrogen-bond donors (Lipinski definition) is 0. The Labute approximate surface area is 182 Å². The summed E-state index contributed by atoms with van der Waals surface area (Å²) in [6.07, 6.45) is 3.07. The molecule has 0 fully saturated rings. The zero-order valence-electron chi connectivity index (χ0n) is 16.8. The lowest BCUT2D eigenvalue weighted by molar-refractivity contribution is 0.0468. The summed E-state index contributed by atoms with van der Waals surface area (Å²) in [4.78, 5) is 33.0. The molecule has 0 saturated carbocycles. The van der Waals surface area contributed by atoms with E-state index in [2.05, 4.69) is 9.97 Å². The first-order chi connectivity index (χ1) is 14.2. The van der Waals surface area contributed by atoms with Gasteiger partial charge in [-0.25, -0.2) is 19.2 Å². The zero-order chi connectivity index (χ0) is 22.0. The largest absolute Gasteiger partial charge is 0.453 e. The van der Waals surface area contributed by atoms with Gasteiger partial charge in [-0.3, -0.25) is 4.79 Å². The van der Waals surface area contributed by atoms with Crippen molar-refractivity contribution in [2.24, 2.45) is 0 Å². The van der Waals surface area contributed by atoms with Gasteiger partial charge in [-0.1, -0.05) is 29.4 Å². The van der Waals surface area contributed by atoms with E-state index < -0.39 is 12.6 Å². The Balaban J connectivity index is 1.80. The minimum absolute atomic E-state index is 0.0461. The van der Waals surface area contributed by atoms with Gasteiger partial charge in [0.1, 0.15) is 5.82 Å². The molecule has 0 aliphatic heterocycles. The Bertz CT molecular complexity index is 1150. The van der Waals surface area contributed by atoms with Gasteiger partial charge >= 0.3 is 5.97 Å². The first-order valence-electron chi connectivity index (χ1n) is 8.95. The fourth-order valence-electron chi connectivity index (χ4n) is 3.03. The highest BCUT2D eigenvalue weighted by atomic mass is 35.5. The monoisotopic (exact) mass is 447 g/mol. The number of carbonyl (C=O) groups is 2. The number of thioether (sulfide) groups is 1. The van der Waals surface area contributed by atoms with Crippen LogP contribution in [0.2, 0.25) is 5.02 Å². The number of esters is 1. The van der Waals surface area contributed by atoms with E-state index in [1.807, 2.05) is 6.92 Å². The van der Waals surface area contributed by atoms with Crippen LogP contribution < -0.4 is 0 Å². The normalized spacial score (nSPS) is 10.9. The van der Waals surface area contributed by atoms with Crippen LogP contribution in [0.15, 0.2) is 35.6 Å². The van der Waals surface area contributed by atoms with E-state index in [9.17, 15) is 14.0 Å². The van der Waals surface area contributed by atoms with Gasteiger partial charge in [-0.2, -0.15) is 0 Å². The predicted octanol–water partition coefficient (Wildman–Crippen LogP) is 4.75. The number of hydrogen-bond acceptors (Lipinski definition) is 6. The average molecular weight is 448 g/mol. The SMILES string of the molecule is CSc1ncc(Cl)c(C(=O)OCC(=O)c2cc(C)n(-c3ccc(C)c(F)c3)c2C)n1. The molecule has 0 unspecified atom stereocenters. The molecular weight excluding hydrogens is 429 g/mol. The minimum atomic E-state index is -0.805. The third-order valence-electron chi connectivity index (χ3n) is 4.58. The molecule has 1 aromatic carbocycles. The topological polar surface area (TPSA) is 74.1 Å². The number of benzene rings is 1. The quantitative estimate of drug-likeness (QED) is 0.235. The van der Waals surface area contributed by atoms with Crippen LogP contribution in [0.1, 0.15) is 37.8 Å². The van der Waals surface area contributed by atoms with Crippen molar-refractivity contribution in [3.63, 3.8) is 0 Å². The molecule has 156 valence electrons. The molecule has 0 radical (unpaired) electrons. The molecule has 6 nitrogen and oxygen atoms in total. The van der Waals surface area contributed by atoms with E-state index in [1.165, 1.54) is 24.0 Å². The molecule has 3 aromatic rings. The molecule has 0 aliphatic rings. The van der Waals surface area contributed by atoms with Crippen LogP contribution in [-0.2, 0) is 4.74 Å². The van der Waals surface area contributed by atoms with Crippen molar-refractivity contribution < 1.29 is 18.7 Å². The minimum Gasteiger partial charge on any atom is -0.453 e. The van der Waals surface area contributed by atoms with Crippen LogP contribution in [0.3, 0.4) is 0 Å². The molecule has 2 aromatic heterocycles. The van der Waals surface area contributed by atoms with Gasteiger partial charge in [0.05, 0.1) is 11.2 Å². The summed E-state index contributed by atoms with van der Waals surface area (Å²) in [5.41, 5.74) is 2.83. The number of nitrogens with zero attached hydrogens (tertiary/aromatic N) is 3. The van der Waals surface area contributed by atoms with E-state index >= 15 is 0 Å². The molecule has 0 bridgehead atoms. The standard InChI is InChI=1S/C21H19ClFN3O3S/c1-11-5-6-14(8-17(11)23)26-12(2)7-15(13(26)3)18(27)10-29-20(28)19-16(22)9-24-21(25-19)30-4/h5-9H,10H2,1-4H3. The smallest absolute Gasteiger partial charge is 0.359 e. The molecule has 0 atom stereocenters. The van der Waals surface area contributed by atoms with Crippen LogP contribution in [0.5, 0.6) is 0 Å². The van der Waals surface area contributed by atoms with E-state index in [4.69, 9.17) is 16.3 Å². The van der Waals surface area contributed by atoms with Gasteiger partial charge in [0.25, 0.3) is 0 Å². The molecule has 30 heavy (non-hydrogen) atoms. The number of aryl methyl sites for hydroxylation is 2. The highest BCUT2D eigenvalue weighted by Crippen LogP contribution is 2.23. The molecular formula is C21H19ClFN3O3S. The summed E-state index contributed by atoms with van der Waals surface area (Å²) in [7, 11) is 0. The lowest BCUT2D eigenvalue weighted by Crippen LogP contribution is -2.16. The maximum atomic E-state index is 14.0. The third-order valence-corrected chi connectivity index (χ3v) is 5.42. The van der Waals surface area contributed by atoms with Crippen LogP contribution >= 0.6 is 23.4 Å². The summed E-state index contributed by atoms with van der Waals surface area (Å²) in [6, 6.07) is 6.57. The van der Waals surface area contributed by atoms with Crippen molar-refractivity contribution in [2.75, 3.05) is 12.9 Å². The second-order valence-electron chi connectivity index (χ2n) is 6.61. The lowest BCUT2D eigenvalue weighted by Gasteiger charge is -2.11. The van der Waals surface area contributed by atoms with Crippen LogP contribution in [0.25, 0.3) is 5.69 Å². The lowest BCUT2D eigenvalue weighted by atomic mass is 10.1. The summed E-state index contributed by atoms with van der Waals surface area (Å²) < 4.78 is 20.9. The van der Waals surface area contributed by atoms with E-state index in [0.717, 1.165) is 5.69 Å². The average Bonchev–Trinajstić information content (AvgIpc) is 3.02. The molecule has 0 N–H and O–H groups in total. The Hall–Kier alpha value is -2.71. The second kappa shape index (κ2) is 8.97. The fraction of sp³-hybridized carbons (Fsp3) is 0.238.